The molecule has 3 aliphatic heterocycles. The number of aliphatic hydroxyl groups excluding tert-OH is 1. The molecule has 4 heterocycles. The Morgan fingerprint density at radius 1 is 1.00 bits per heavy atom. The molecule has 0 spiro atoms. The van der Waals surface area contributed by atoms with Crippen LogP contribution in [0.25, 0.3) is 0 Å². The molecule has 0 saturated carbocycles. The number of hydrogen-bond donors (Lipinski definition) is 1. The van der Waals surface area contributed by atoms with Crippen molar-refractivity contribution in [1.82, 2.24) is 9.97 Å². The zero-order valence-corrected chi connectivity index (χ0v) is 16.2. The van der Waals surface area contributed by atoms with Crippen LogP contribution in [0, 0.1) is 6.92 Å². The van der Waals surface area contributed by atoms with Crippen LogP contribution in [0.1, 0.15) is 36.4 Å². The molecule has 148 valence electrons. The molecule has 7 heteroatoms. The summed E-state index contributed by atoms with van der Waals surface area (Å²) >= 11 is 0. The Bertz CT molecular complexity index is 869. The van der Waals surface area contributed by atoms with Gasteiger partial charge in [0.25, 0.3) is 0 Å². The average Bonchev–Trinajstić information content (AvgIpc) is 3.38. The highest BCUT2D eigenvalue weighted by atomic mass is 16.7. The van der Waals surface area contributed by atoms with Crippen molar-refractivity contribution in [2.24, 2.45) is 0 Å². The summed E-state index contributed by atoms with van der Waals surface area (Å²) < 4.78 is 10.9. The number of rotatable bonds is 3. The fourth-order valence-corrected chi connectivity index (χ4v) is 4.43. The van der Waals surface area contributed by atoms with E-state index in [2.05, 4.69) is 14.8 Å². The highest BCUT2D eigenvalue weighted by Gasteiger charge is 2.31. The SMILES string of the molecule is Cc1cc(N2CC[C@H](c3ccc4c(c3)OCO4)[C@@H](O)C2)nc(N2CCCC2)n1. The molecule has 0 bridgehead atoms. The third-order valence-electron chi connectivity index (χ3n) is 5.95. The minimum atomic E-state index is -0.459. The number of piperidine rings is 1. The van der Waals surface area contributed by atoms with Gasteiger partial charge in [-0.05, 0) is 43.9 Å². The number of anilines is 2. The van der Waals surface area contributed by atoms with Crippen LogP contribution in [0.3, 0.4) is 0 Å². The summed E-state index contributed by atoms with van der Waals surface area (Å²) in [6.07, 6.45) is 2.81. The second-order valence-electron chi connectivity index (χ2n) is 7.88. The molecular weight excluding hydrogens is 356 g/mol. The lowest BCUT2D eigenvalue weighted by molar-refractivity contribution is 0.129. The van der Waals surface area contributed by atoms with E-state index in [4.69, 9.17) is 14.5 Å². The first-order valence-corrected chi connectivity index (χ1v) is 10.1. The number of nitrogens with zero attached hydrogens (tertiary/aromatic N) is 4. The van der Waals surface area contributed by atoms with Crippen LogP contribution in [-0.4, -0.2) is 54.2 Å². The smallest absolute Gasteiger partial charge is 0.231 e. The number of aliphatic hydroxyl groups is 1. The van der Waals surface area contributed by atoms with Crippen molar-refractivity contribution < 1.29 is 14.6 Å². The van der Waals surface area contributed by atoms with Gasteiger partial charge in [-0.1, -0.05) is 6.07 Å². The first-order valence-electron chi connectivity index (χ1n) is 10.1. The monoisotopic (exact) mass is 382 g/mol. The van der Waals surface area contributed by atoms with E-state index in [9.17, 15) is 5.11 Å². The molecule has 0 aliphatic carbocycles. The van der Waals surface area contributed by atoms with Gasteiger partial charge in [-0.2, -0.15) is 4.98 Å². The van der Waals surface area contributed by atoms with E-state index in [0.717, 1.165) is 60.6 Å². The molecule has 2 fully saturated rings. The number of fused-ring (bicyclic) bond motifs is 1. The Morgan fingerprint density at radius 2 is 1.82 bits per heavy atom. The summed E-state index contributed by atoms with van der Waals surface area (Å²) in [6.45, 7) is 5.75. The van der Waals surface area contributed by atoms with Crippen LogP contribution in [-0.2, 0) is 0 Å². The number of hydrogen-bond acceptors (Lipinski definition) is 7. The summed E-state index contributed by atoms with van der Waals surface area (Å²) in [4.78, 5) is 13.9. The predicted molar refractivity (Wildman–Crippen MR) is 106 cm³/mol. The van der Waals surface area contributed by atoms with Crippen LogP contribution in [0.4, 0.5) is 11.8 Å². The molecule has 0 amide bonds. The maximum Gasteiger partial charge on any atom is 0.231 e. The van der Waals surface area contributed by atoms with Crippen molar-refractivity contribution in [3.63, 3.8) is 0 Å². The van der Waals surface area contributed by atoms with E-state index in [0.29, 0.717) is 6.54 Å². The molecule has 2 atom stereocenters. The second kappa shape index (κ2) is 7.13. The fraction of sp³-hybridized carbons (Fsp3) is 0.524. The Morgan fingerprint density at radius 3 is 2.64 bits per heavy atom. The van der Waals surface area contributed by atoms with Gasteiger partial charge in [0.05, 0.1) is 6.10 Å². The fourth-order valence-electron chi connectivity index (χ4n) is 4.43. The highest BCUT2D eigenvalue weighted by Crippen LogP contribution is 2.38. The zero-order valence-electron chi connectivity index (χ0n) is 16.2. The topological polar surface area (TPSA) is 71.0 Å². The van der Waals surface area contributed by atoms with E-state index in [1.165, 1.54) is 12.8 Å². The van der Waals surface area contributed by atoms with Crippen LogP contribution in [0.2, 0.25) is 0 Å². The molecule has 3 aliphatic rings. The number of aromatic nitrogens is 2. The first kappa shape index (κ1) is 17.6. The van der Waals surface area contributed by atoms with Gasteiger partial charge in [0, 0.05) is 43.9 Å². The quantitative estimate of drug-likeness (QED) is 0.874. The molecule has 0 unspecified atom stereocenters. The molecule has 1 N–H and O–H groups in total. The third kappa shape index (κ3) is 3.24. The third-order valence-corrected chi connectivity index (χ3v) is 5.95. The molecule has 1 aromatic carbocycles. The standard InChI is InChI=1S/C21H26N4O3/c1-14-10-20(23-21(22-14)24-7-2-3-8-24)25-9-6-16(17(26)12-25)15-4-5-18-19(11-15)28-13-27-18/h4-5,10-11,16-17,26H,2-3,6-9,12-13H2,1H3/t16-,17+/m1/s1. The molecule has 2 saturated heterocycles. The molecule has 5 rings (SSSR count). The summed E-state index contributed by atoms with van der Waals surface area (Å²) in [5.74, 6) is 3.37. The van der Waals surface area contributed by atoms with Crippen molar-refractivity contribution in [3.8, 4) is 11.5 Å². The van der Waals surface area contributed by atoms with E-state index < -0.39 is 6.10 Å². The van der Waals surface area contributed by atoms with E-state index >= 15 is 0 Å². The van der Waals surface area contributed by atoms with Crippen molar-refractivity contribution in [2.45, 2.75) is 38.2 Å². The Hall–Kier alpha value is -2.54. The molecular formula is C21H26N4O3. The lowest BCUT2D eigenvalue weighted by Gasteiger charge is -2.37. The lowest BCUT2D eigenvalue weighted by Crippen LogP contribution is -2.43. The second-order valence-corrected chi connectivity index (χ2v) is 7.88. The molecule has 1 aromatic heterocycles. The Balaban J connectivity index is 1.33. The van der Waals surface area contributed by atoms with Gasteiger partial charge in [0.1, 0.15) is 5.82 Å². The van der Waals surface area contributed by atoms with Gasteiger partial charge in [-0.25, -0.2) is 4.98 Å². The molecule has 0 radical (unpaired) electrons. The number of ether oxygens (including phenoxy) is 2. The summed E-state index contributed by atoms with van der Waals surface area (Å²) in [7, 11) is 0. The van der Waals surface area contributed by atoms with Gasteiger partial charge < -0.3 is 24.4 Å². The number of β-amino-alcohol motifs (C(OH)–C–C–N with tert-alkyl or cyclic N) is 1. The van der Waals surface area contributed by atoms with E-state index in [1.54, 1.807) is 0 Å². The van der Waals surface area contributed by atoms with Gasteiger partial charge >= 0.3 is 0 Å². The maximum absolute atomic E-state index is 10.9. The van der Waals surface area contributed by atoms with Crippen molar-refractivity contribution in [2.75, 3.05) is 42.8 Å². The molecule has 7 nitrogen and oxygen atoms in total. The number of benzene rings is 1. The Labute approximate surface area is 164 Å². The minimum Gasteiger partial charge on any atom is -0.454 e. The van der Waals surface area contributed by atoms with Crippen molar-refractivity contribution >= 4 is 11.8 Å². The van der Waals surface area contributed by atoms with Gasteiger partial charge in [-0.15, -0.1) is 0 Å². The minimum absolute atomic E-state index is 0.0896. The first-order chi connectivity index (χ1) is 13.7. The van der Waals surface area contributed by atoms with Crippen LogP contribution >= 0.6 is 0 Å². The summed E-state index contributed by atoms with van der Waals surface area (Å²) in [6, 6.07) is 8.00. The van der Waals surface area contributed by atoms with Gasteiger partial charge in [0.2, 0.25) is 12.7 Å². The lowest BCUT2D eigenvalue weighted by atomic mass is 9.87. The van der Waals surface area contributed by atoms with Gasteiger partial charge in [-0.3, -0.25) is 0 Å². The van der Waals surface area contributed by atoms with E-state index in [-0.39, 0.29) is 12.7 Å². The normalized spacial score (nSPS) is 24.1. The van der Waals surface area contributed by atoms with E-state index in [1.807, 2.05) is 31.2 Å². The van der Waals surface area contributed by atoms with Gasteiger partial charge in [0.15, 0.2) is 11.5 Å². The van der Waals surface area contributed by atoms with Crippen molar-refractivity contribution in [3.05, 3.63) is 35.5 Å². The maximum atomic E-state index is 10.9. The predicted octanol–water partition coefficient (Wildman–Crippen LogP) is 2.47. The van der Waals surface area contributed by atoms with Crippen LogP contribution in [0.15, 0.2) is 24.3 Å². The Kier molecular flexibility index (Phi) is 4.47. The molecule has 2 aromatic rings. The highest BCUT2D eigenvalue weighted by molar-refractivity contribution is 5.49. The largest absolute Gasteiger partial charge is 0.454 e. The summed E-state index contributed by atoms with van der Waals surface area (Å²) in [5, 5.41) is 10.9. The van der Waals surface area contributed by atoms with Crippen LogP contribution in [0.5, 0.6) is 11.5 Å². The van der Waals surface area contributed by atoms with Crippen LogP contribution < -0.4 is 19.3 Å². The van der Waals surface area contributed by atoms with Crippen molar-refractivity contribution in [1.29, 1.82) is 0 Å². The average molecular weight is 382 g/mol. The number of aryl methyl sites for hydroxylation is 1. The molecule has 28 heavy (non-hydrogen) atoms. The zero-order chi connectivity index (χ0) is 19.1. The summed E-state index contributed by atoms with van der Waals surface area (Å²) in [5.41, 5.74) is 2.08.